The van der Waals surface area contributed by atoms with E-state index in [1.54, 1.807) is 12.1 Å². The lowest BCUT2D eigenvalue weighted by Gasteiger charge is -2.20. The Bertz CT molecular complexity index is 344. The summed E-state index contributed by atoms with van der Waals surface area (Å²) >= 11 is 0. The van der Waals surface area contributed by atoms with Gasteiger partial charge in [0, 0.05) is 0 Å². The highest BCUT2D eigenvalue weighted by Gasteiger charge is 2.24. The maximum Gasteiger partial charge on any atom is 0.123 e. The Labute approximate surface area is 83.9 Å². The molecule has 0 saturated carbocycles. The van der Waals surface area contributed by atoms with Crippen LogP contribution in [0.25, 0.3) is 0 Å². The van der Waals surface area contributed by atoms with E-state index in [1.165, 1.54) is 6.07 Å². The Morgan fingerprint density at radius 1 is 1.36 bits per heavy atom. The summed E-state index contributed by atoms with van der Waals surface area (Å²) in [6.07, 6.45) is 1.91. The predicted molar refractivity (Wildman–Crippen MR) is 54.0 cm³/mol. The molecule has 1 heterocycles. The minimum absolute atomic E-state index is 0.176. The number of hydrogen-bond donors (Lipinski definition) is 0. The third kappa shape index (κ3) is 1.89. The summed E-state index contributed by atoms with van der Waals surface area (Å²) in [4.78, 5) is 0. The van der Waals surface area contributed by atoms with E-state index in [1.807, 2.05) is 0 Å². The van der Waals surface area contributed by atoms with Gasteiger partial charge in [0.1, 0.15) is 11.6 Å². The van der Waals surface area contributed by atoms with Gasteiger partial charge in [-0.3, -0.25) is 0 Å². The molecule has 0 aliphatic carbocycles. The third-order valence-corrected chi connectivity index (χ3v) is 2.73. The summed E-state index contributed by atoms with van der Waals surface area (Å²) in [6.45, 7) is 5.11. The number of benzene rings is 1. The fraction of sp³-hybridized carbons (Fsp3) is 0.500. The van der Waals surface area contributed by atoms with Gasteiger partial charge in [-0.25, -0.2) is 4.39 Å². The van der Waals surface area contributed by atoms with Crippen molar-refractivity contribution in [2.75, 3.05) is 6.61 Å². The molecule has 0 radical (unpaired) electrons. The Hall–Kier alpha value is -1.05. The van der Waals surface area contributed by atoms with E-state index < -0.39 is 0 Å². The standard InChI is InChI=1S/C12H15FO/c1-12(2)5-6-14-11-4-3-10(13)7-9(11)8-12/h3-4,7H,5-6,8H2,1-2H3. The zero-order chi connectivity index (χ0) is 10.2. The molecule has 76 valence electrons. The Morgan fingerprint density at radius 3 is 2.93 bits per heavy atom. The van der Waals surface area contributed by atoms with Gasteiger partial charge < -0.3 is 4.74 Å². The molecule has 0 atom stereocenters. The zero-order valence-electron chi connectivity index (χ0n) is 8.64. The Balaban J connectivity index is 2.38. The van der Waals surface area contributed by atoms with E-state index in [0.717, 1.165) is 30.8 Å². The normalized spacial score (nSPS) is 19.4. The first kappa shape index (κ1) is 9.50. The van der Waals surface area contributed by atoms with Gasteiger partial charge in [-0.15, -0.1) is 0 Å². The summed E-state index contributed by atoms with van der Waals surface area (Å²) in [5, 5.41) is 0. The summed E-state index contributed by atoms with van der Waals surface area (Å²) in [7, 11) is 0. The van der Waals surface area contributed by atoms with Gasteiger partial charge in [-0.05, 0) is 42.0 Å². The summed E-state index contributed by atoms with van der Waals surface area (Å²) in [6, 6.07) is 4.77. The van der Waals surface area contributed by atoms with Gasteiger partial charge in [0.25, 0.3) is 0 Å². The molecule has 1 aliphatic rings. The SMILES string of the molecule is CC1(C)CCOc2ccc(F)cc2C1. The molecule has 2 heteroatoms. The van der Waals surface area contributed by atoms with Gasteiger partial charge in [0.2, 0.25) is 0 Å². The van der Waals surface area contributed by atoms with E-state index in [2.05, 4.69) is 13.8 Å². The first-order valence-corrected chi connectivity index (χ1v) is 4.98. The monoisotopic (exact) mass is 194 g/mol. The molecule has 1 aromatic carbocycles. The minimum Gasteiger partial charge on any atom is -0.493 e. The summed E-state index contributed by atoms with van der Waals surface area (Å²) in [5.41, 5.74) is 1.20. The molecule has 0 spiro atoms. The van der Waals surface area contributed by atoms with E-state index in [4.69, 9.17) is 4.74 Å². The molecule has 0 saturated heterocycles. The van der Waals surface area contributed by atoms with Crippen LogP contribution in [0.4, 0.5) is 4.39 Å². The van der Waals surface area contributed by atoms with Crippen molar-refractivity contribution in [2.24, 2.45) is 5.41 Å². The van der Waals surface area contributed by atoms with Crippen LogP contribution in [0.1, 0.15) is 25.8 Å². The fourth-order valence-corrected chi connectivity index (χ4v) is 1.87. The Morgan fingerprint density at radius 2 is 2.14 bits per heavy atom. The maximum absolute atomic E-state index is 13.0. The molecule has 0 bridgehead atoms. The summed E-state index contributed by atoms with van der Waals surface area (Å²) in [5.74, 6) is 0.669. The quantitative estimate of drug-likeness (QED) is 0.616. The average Bonchev–Trinajstić information content (AvgIpc) is 2.21. The minimum atomic E-state index is -0.176. The molecule has 1 nitrogen and oxygen atoms in total. The van der Waals surface area contributed by atoms with Gasteiger partial charge in [0.15, 0.2) is 0 Å². The lowest BCUT2D eigenvalue weighted by molar-refractivity contribution is 0.250. The highest BCUT2D eigenvalue weighted by Crippen LogP contribution is 2.34. The first-order valence-electron chi connectivity index (χ1n) is 4.98. The number of ether oxygens (including phenoxy) is 1. The van der Waals surface area contributed by atoms with Crippen LogP contribution >= 0.6 is 0 Å². The zero-order valence-corrected chi connectivity index (χ0v) is 8.64. The van der Waals surface area contributed by atoms with Crippen molar-refractivity contribution in [3.63, 3.8) is 0 Å². The fourth-order valence-electron chi connectivity index (χ4n) is 1.87. The molecular weight excluding hydrogens is 179 g/mol. The molecule has 2 rings (SSSR count). The summed E-state index contributed by atoms with van der Waals surface area (Å²) < 4.78 is 18.6. The third-order valence-electron chi connectivity index (χ3n) is 2.73. The smallest absolute Gasteiger partial charge is 0.123 e. The topological polar surface area (TPSA) is 9.23 Å². The van der Waals surface area contributed by atoms with Crippen LogP contribution in [0.5, 0.6) is 5.75 Å². The van der Waals surface area contributed by atoms with Crippen molar-refractivity contribution >= 4 is 0 Å². The van der Waals surface area contributed by atoms with Gasteiger partial charge >= 0.3 is 0 Å². The van der Waals surface area contributed by atoms with Crippen LogP contribution in [0.2, 0.25) is 0 Å². The van der Waals surface area contributed by atoms with Gasteiger partial charge in [0.05, 0.1) is 6.61 Å². The van der Waals surface area contributed by atoms with Crippen LogP contribution < -0.4 is 4.74 Å². The Kier molecular flexibility index (Phi) is 2.22. The van der Waals surface area contributed by atoms with Crippen molar-refractivity contribution in [2.45, 2.75) is 26.7 Å². The highest BCUT2D eigenvalue weighted by atomic mass is 19.1. The van der Waals surface area contributed by atoms with E-state index in [-0.39, 0.29) is 11.2 Å². The van der Waals surface area contributed by atoms with Gasteiger partial charge in [-0.2, -0.15) is 0 Å². The van der Waals surface area contributed by atoms with Crippen molar-refractivity contribution in [3.8, 4) is 5.75 Å². The molecule has 0 fully saturated rings. The largest absolute Gasteiger partial charge is 0.493 e. The van der Waals surface area contributed by atoms with Crippen molar-refractivity contribution < 1.29 is 9.13 Å². The van der Waals surface area contributed by atoms with Crippen LogP contribution in [-0.2, 0) is 6.42 Å². The van der Waals surface area contributed by atoms with Gasteiger partial charge in [-0.1, -0.05) is 13.8 Å². The molecule has 1 aromatic rings. The maximum atomic E-state index is 13.0. The van der Waals surface area contributed by atoms with Crippen molar-refractivity contribution in [3.05, 3.63) is 29.6 Å². The van der Waals surface area contributed by atoms with Crippen LogP contribution in [0.3, 0.4) is 0 Å². The molecule has 0 unspecified atom stereocenters. The van der Waals surface area contributed by atoms with Crippen LogP contribution in [-0.4, -0.2) is 6.61 Å². The molecule has 0 N–H and O–H groups in total. The highest BCUT2D eigenvalue weighted by molar-refractivity contribution is 5.35. The van der Waals surface area contributed by atoms with E-state index in [9.17, 15) is 4.39 Å². The second-order valence-corrected chi connectivity index (χ2v) is 4.69. The molecule has 0 aromatic heterocycles. The lowest BCUT2D eigenvalue weighted by Crippen LogP contribution is -2.15. The van der Waals surface area contributed by atoms with E-state index in [0.29, 0.717) is 0 Å². The van der Waals surface area contributed by atoms with E-state index >= 15 is 0 Å². The number of hydrogen-bond acceptors (Lipinski definition) is 1. The van der Waals surface area contributed by atoms with Crippen LogP contribution in [0, 0.1) is 11.2 Å². The second kappa shape index (κ2) is 3.26. The number of rotatable bonds is 0. The van der Waals surface area contributed by atoms with Crippen LogP contribution in [0.15, 0.2) is 18.2 Å². The predicted octanol–water partition coefficient (Wildman–Crippen LogP) is 3.18. The lowest BCUT2D eigenvalue weighted by atomic mass is 9.83. The first-order chi connectivity index (χ1) is 6.57. The molecule has 1 aliphatic heterocycles. The molecule has 14 heavy (non-hydrogen) atoms. The molecule has 0 amide bonds. The number of halogens is 1. The molecular formula is C12H15FO. The second-order valence-electron chi connectivity index (χ2n) is 4.69. The van der Waals surface area contributed by atoms with Crippen molar-refractivity contribution in [1.29, 1.82) is 0 Å². The average molecular weight is 194 g/mol. The van der Waals surface area contributed by atoms with Crippen molar-refractivity contribution in [1.82, 2.24) is 0 Å². The number of fused-ring (bicyclic) bond motifs is 1.